The largest absolute Gasteiger partial charge is 0.480 e. The third-order valence-electron chi connectivity index (χ3n) is 0.676. The Bertz CT molecular complexity index is 80.5. The highest BCUT2D eigenvalue weighted by Crippen LogP contribution is 1.70. The first-order chi connectivity index (χ1) is 5.18. The van der Waals surface area contributed by atoms with Gasteiger partial charge < -0.3 is 14.6 Å². The van der Waals surface area contributed by atoms with Crippen molar-refractivity contribution in [2.45, 2.75) is 13.3 Å². The van der Waals surface area contributed by atoms with Crippen molar-refractivity contribution in [1.82, 2.24) is 0 Å². The maximum atomic E-state index is 9.47. The van der Waals surface area contributed by atoms with Crippen molar-refractivity contribution in [1.29, 1.82) is 0 Å². The quantitative estimate of drug-likeness (QED) is 0.666. The summed E-state index contributed by atoms with van der Waals surface area (Å²) < 4.78 is 8.89. The number of methoxy groups -OCH3 is 2. The molecule has 4 nitrogen and oxygen atoms in total. The predicted molar refractivity (Wildman–Crippen MR) is 41.7 cm³/mol. The van der Waals surface area contributed by atoms with Crippen LogP contribution in [0.4, 0.5) is 0 Å². The Kier molecular flexibility index (Phi) is 14.3. The zero-order chi connectivity index (χ0) is 9.11. The van der Waals surface area contributed by atoms with E-state index in [9.17, 15) is 4.79 Å². The molecule has 1 N–H and O–H groups in total. The van der Waals surface area contributed by atoms with Gasteiger partial charge in [0.1, 0.15) is 6.61 Å². The zero-order valence-electron chi connectivity index (χ0n) is 7.29. The highest BCUT2D eigenvalue weighted by molar-refractivity contribution is 5.67. The second kappa shape index (κ2) is 12.1. The lowest BCUT2D eigenvalue weighted by Crippen LogP contribution is -2.02. The van der Waals surface area contributed by atoms with Gasteiger partial charge >= 0.3 is 5.97 Å². The first-order valence-electron chi connectivity index (χ1n) is 3.38. The highest BCUT2D eigenvalue weighted by atomic mass is 16.5. The van der Waals surface area contributed by atoms with Gasteiger partial charge in [0.05, 0.1) is 0 Å². The van der Waals surface area contributed by atoms with Crippen LogP contribution in [0.5, 0.6) is 0 Å². The Morgan fingerprint density at radius 2 is 1.91 bits per heavy atom. The molecule has 4 heteroatoms. The van der Waals surface area contributed by atoms with Crippen LogP contribution in [0, 0.1) is 0 Å². The van der Waals surface area contributed by atoms with Crippen LogP contribution in [0.1, 0.15) is 13.3 Å². The molecule has 0 aromatic rings. The Hall–Kier alpha value is -0.610. The molecule has 0 bridgehead atoms. The van der Waals surface area contributed by atoms with Gasteiger partial charge in [-0.05, 0) is 6.42 Å². The van der Waals surface area contributed by atoms with E-state index in [2.05, 4.69) is 11.7 Å². The average Bonchev–Trinajstić information content (AvgIpc) is 1.90. The fraction of sp³-hybridized carbons (Fsp3) is 0.857. The lowest BCUT2D eigenvalue weighted by Gasteiger charge is -1.84. The second-order valence-electron chi connectivity index (χ2n) is 1.82. The number of rotatable bonds is 4. The van der Waals surface area contributed by atoms with E-state index in [0.29, 0.717) is 0 Å². The standard InChI is InChI=1S/C4H10O.C3H6O3/c1-3-4-5-2;1-6-2-3(4)5/h3-4H2,1-2H3;2H2,1H3,(H,4,5). The number of ether oxygens (including phenoxy) is 2. The first-order valence-corrected chi connectivity index (χ1v) is 3.38. The molecule has 0 rings (SSSR count). The van der Waals surface area contributed by atoms with Gasteiger partial charge in [0.15, 0.2) is 0 Å². The number of carboxylic acid groups (broad SMARTS) is 1. The minimum Gasteiger partial charge on any atom is -0.480 e. The minimum atomic E-state index is -0.933. The van der Waals surface area contributed by atoms with Crippen LogP contribution in [-0.2, 0) is 14.3 Å². The third-order valence-corrected chi connectivity index (χ3v) is 0.676. The van der Waals surface area contributed by atoms with Crippen molar-refractivity contribution >= 4 is 5.97 Å². The van der Waals surface area contributed by atoms with Crippen LogP contribution in [0.15, 0.2) is 0 Å². The maximum absolute atomic E-state index is 9.47. The van der Waals surface area contributed by atoms with E-state index in [4.69, 9.17) is 9.84 Å². The fourth-order valence-electron chi connectivity index (χ4n) is 0.328. The summed E-state index contributed by atoms with van der Waals surface area (Å²) in [5.74, 6) is -0.933. The highest BCUT2D eigenvalue weighted by Gasteiger charge is 1.87. The van der Waals surface area contributed by atoms with Crippen LogP contribution in [0.3, 0.4) is 0 Å². The normalized spacial score (nSPS) is 8.27. The zero-order valence-corrected chi connectivity index (χ0v) is 7.29. The van der Waals surface area contributed by atoms with E-state index < -0.39 is 5.97 Å². The summed E-state index contributed by atoms with van der Waals surface area (Å²) in [6, 6.07) is 0. The van der Waals surface area contributed by atoms with Crippen molar-refractivity contribution in [3.8, 4) is 0 Å². The topological polar surface area (TPSA) is 55.8 Å². The lowest BCUT2D eigenvalue weighted by molar-refractivity contribution is -0.141. The van der Waals surface area contributed by atoms with E-state index >= 15 is 0 Å². The van der Waals surface area contributed by atoms with Gasteiger partial charge in [0.2, 0.25) is 0 Å². The number of carboxylic acids is 1. The molecule has 0 atom stereocenters. The summed E-state index contributed by atoms with van der Waals surface area (Å²) in [4.78, 5) is 9.47. The van der Waals surface area contributed by atoms with Crippen LogP contribution in [-0.4, -0.2) is 38.5 Å². The Balaban J connectivity index is 0. The number of aliphatic carboxylic acids is 1. The molecule has 0 aliphatic heterocycles. The van der Waals surface area contributed by atoms with Gasteiger partial charge in [-0.25, -0.2) is 4.79 Å². The molecule has 0 spiro atoms. The van der Waals surface area contributed by atoms with E-state index in [1.807, 2.05) is 0 Å². The van der Waals surface area contributed by atoms with Gasteiger partial charge in [-0.2, -0.15) is 0 Å². The third kappa shape index (κ3) is 26.6. The summed E-state index contributed by atoms with van der Waals surface area (Å²) in [5.41, 5.74) is 0. The lowest BCUT2D eigenvalue weighted by atomic mass is 10.5. The predicted octanol–water partition coefficient (Wildman–Crippen LogP) is 0.760. The van der Waals surface area contributed by atoms with Gasteiger partial charge in [-0.15, -0.1) is 0 Å². The summed E-state index contributed by atoms with van der Waals surface area (Å²) >= 11 is 0. The molecule has 0 aliphatic rings. The first kappa shape index (κ1) is 13.0. The van der Waals surface area contributed by atoms with E-state index in [1.54, 1.807) is 7.11 Å². The molecule has 11 heavy (non-hydrogen) atoms. The van der Waals surface area contributed by atoms with Crippen LogP contribution in [0.25, 0.3) is 0 Å². The maximum Gasteiger partial charge on any atom is 0.329 e. The SMILES string of the molecule is CCCOC.COCC(=O)O. The van der Waals surface area contributed by atoms with Crippen molar-refractivity contribution < 1.29 is 19.4 Å². The molecule has 0 saturated carbocycles. The molecule has 68 valence electrons. The molecular formula is C7H16O4. The molecule has 0 fully saturated rings. The van der Waals surface area contributed by atoms with Crippen LogP contribution >= 0.6 is 0 Å². The summed E-state index contributed by atoms with van der Waals surface area (Å²) in [5, 5.41) is 7.79. The van der Waals surface area contributed by atoms with E-state index in [-0.39, 0.29) is 6.61 Å². The Morgan fingerprint density at radius 1 is 1.36 bits per heavy atom. The smallest absolute Gasteiger partial charge is 0.329 e. The fourth-order valence-corrected chi connectivity index (χ4v) is 0.328. The minimum absolute atomic E-state index is 0.208. The van der Waals surface area contributed by atoms with Crippen LogP contribution < -0.4 is 0 Å². The molecular weight excluding hydrogens is 148 g/mol. The number of carbonyl (C=O) groups is 1. The molecule has 0 heterocycles. The Morgan fingerprint density at radius 3 is 1.91 bits per heavy atom. The van der Waals surface area contributed by atoms with Crippen molar-refractivity contribution in [3.63, 3.8) is 0 Å². The van der Waals surface area contributed by atoms with Gasteiger partial charge in [-0.1, -0.05) is 6.92 Å². The van der Waals surface area contributed by atoms with E-state index in [0.717, 1.165) is 13.0 Å². The van der Waals surface area contributed by atoms with E-state index in [1.165, 1.54) is 7.11 Å². The van der Waals surface area contributed by atoms with Crippen molar-refractivity contribution in [2.24, 2.45) is 0 Å². The van der Waals surface area contributed by atoms with Crippen molar-refractivity contribution in [3.05, 3.63) is 0 Å². The molecule has 0 aromatic carbocycles. The number of hydrogen-bond donors (Lipinski definition) is 1. The molecule has 0 saturated heterocycles. The molecule has 0 aliphatic carbocycles. The summed E-state index contributed by atoms with van der Waals surface area (Å²) in [6.07, 6.45) is 1.12. The van der Waals surface area contributed by atoms with Crippen LogP contribution in [0.2, 0.25) is 0 Å². The Labute approximate surface area is 67.1 Å². The molecule has 0 aromatic heterocycles. The average molecular weight is 164 g/mol. The monoisotopic (exact) mass is 164 g/mol. The summed E-state index contributed by atoms with van der Waals surface area (Å²) in [6.45, 7) is 2.77. The second-order valence-corrected chi connectivity index (χ2v) is 1.82. The molecule has 0 radical (unpaired) electrons. The van der Waals surface area contributed by atoms with Gasteiger partial charge in [0, 0.05) is 20.8 Å². The van der Waals surface area contributed by atoms with Gasteiger partial charge in [-0.3, -0.25) is 0 Å². The molecule has 0 unspecified atom stereocenters. The number of hydrogen-bond acceptors (Lipinski definition) is 3. The van der Waals surface area contributed by atoms with Crippen molar-refractivity contribution in [2.75, 3.05) is 27.4 Å². The summed E-state index contributed by atoms with van der Waals surface area (Å²) in [7, 11) is 3.05. The van der Waals surface area contributed by atoms with Gasteiger partial charge in [0.25, 0.3) is 0 Å². The molecule has 0 amide bonds.